The lowest BCUT2D eigenvalue weighted by molar-refractivity contribution is -0.151. The average Bonchev–Trinajstić information content (AvgIpc) is 3.22. The molecule has 0 saturated heterocycles. The van der Waals surface area contributed by atoms with E-state index < -0.39 is 18.2 Å². The predicted molar refractivity (Wildman–Crippen MR) is 250 cm³/mol. The van der Waals surface area contributed by atoms with Gasteiger partial charge in [-0.3, -0.25) is 9.59 Å². The first-order valence-corrected chi connectivity index (χ1v) is 23.8. The van der Waals surface area contributed by atoms with E-state index in [1.54, 1.807) is 0 Å². The van der Waals surface area contributed by atoms with Gasteiger partial charge in [0, 0.05) is 6.42 Å². The minimum absolute atomic E-state index is 0.0264. The molecule has 6 nitrogen and oxygen atoms in total. The summed E-state index contributed by atoms with van der Waals surface area (Å²) >= 11 is 0. The topological polar surface area (TPSA) is 95.9 Å². The highest BCUT2D eigenvalue weighted by Crippen LogP contribution is 2.16. The zero-order chi connectivity index (χ0) is 42.4. The lowest BCUT2D eigenvalue weighted by Crippen LogP contribution is -2.46. The highest BCUT2D eigenvalue weighted by Gasteiger charge is 2.24. The fraction of sp³-hybridized carbons (Fsp3) is 0.692. The third-order valence-corrected chi connectivity index (χ3v) is 10.2. The molecule has 0 rings (SSSR count). The van der Waals surface area contributed by atoms with Crippen LogP contribution in [0.5, 0.6) is 0 Å². The first kappa shape index (κ1) is 55.0. The summed E-state index contributed by atoms with van der Waals surface area (Å²) in [6.07, 6.45) is 57.9. The van der Waals surface area contributed by atoms with Gasteiger partial charge in [-0.05, 0) is 89.9 Å². The molecule has 0 aromatic rings. The Labute approximate surface area is 357 Å². The zero-order valence-electron chi connectivity index (χ0n) is 37.6. The maximum atomic E-state index is 13.1. The van der Waals surface area contributed by atoms with E-state index in [1.807, 2.05) is 0 Å². The number of unbranched alkanes of at least 4 members (excludes halogenated alkanes) is 15. The molecule has 0 aliphatic rings. The Kier molecular flexibility index (Phi) is 42.8. The summed E-state index contributed by atoms with van der Waals surface area (Å²) in [5.41, 5.74) is 0. The molecule has 58 heavy (non-hydrogen) atoms. The van der Waals surface area contributed by atoms with Crippen LogP contribution >= 0.6 is 0 Å². The summed E-state index contributed by atoms with van der Waals surface area (Å²) in [4.78, 5) is 26.0. The van der Waals surface area contributed by atoms with Gasteiger partial charge in [0.15, 0.2) is 0 Å². The number of allylic oxidation sites excluding steroid dienone is 14. The molecule has 0 spiro atoms. The Morgan fingerprint density at radius 2 is 0.948 bits per heavy atom. The van der Waals surface area contributed by atoms with Gasteiger partial charge in [0.25, 0.3) is 0 Å². The molecule has 0 aliphatic carbocycles. The van der Waals surface area contributed by atoms with Crippen LogP contribution in [0.15, 0.2) is 85.1 Å². The molecule has 0 fully saturated rings. The van der Waals surface area contributed by atoms with Crippen LogP contribution < -0.4 is 5.32 Å². The maximum absolute atomic E-state index is 13.1. The van der Waals surface area contributed by atoms with Gasteiger partial charge in [-0.2, -0.15) is 0 Å². The van der Waals surface area contributed by atoms with E-state index in [0.717, 1.165) is 109 Å². The molecule has 332 valence electrons. The second-order valence-electron chi connectivity index (χ2n) is 15.7. The fourth-order valence-corrected chi connectivity index (χ4v) is 6.67. The van der Waals surface area contributed by atoms with Crippen molar-refractivity contribution in [2.75, 3.05) is 6.61 Å². The van der Waals surface area contributed by atoms with Crippen molar-refractivity contribution < 1.29 is 24.5 Å². The highest BCUT2D eigenvalue weighted by molar-refractivity contribution is 5.77. The van der Waals surface area contributed by atoms with E-state index in [1.165, 1.54) is 51.4 Å². The van der Waals surface area contributed by atoms with Crippen molar-refractivity contribution >= 4 is 11.9 Å². The second-order valence-corrected chi connectivity index (χ2v) is 15.7. The van der Waals surface area contributed by atoms with E-state index in [9.17, 15) is 19.8 Å². The smallest absolute Gasteiger partial charge is 0.306 e. The minimum atomic E-state index is -0.808. The van der Waals surface area contributed by atoms with E-state index in [0.29, 0.717) is 19.3 Å². The molecular formula is C52H89NO5. The number of aliphatic hydroxyl groups is 2. The number of nitrogens with one attached hydrogen (secondary N) is 1. The van der Waals surface area contributed by atoms with Gasteiger partial charge in [-0.25, -0.2) is 0 Å². The number of carbonyl (C=O) groups excluding carboxylic acids is 2. The summed E-state index contributed by atoms with van der Waals surface area (Å²) < 4.78 is 5.88. The van der Waals surface area contributed by atoms with Crippen molar-refractivity contribution in [3.63, 3.8) is 0 Å². The second kappa shape index (κ2) is 45.1. The summed E-state index contributed by atoms with van der Waals surface area (Å²) in [7, 11) is 0. The summed E-state index contributed by atoms with van der Waals surface area (Å²) in [5, 5.41) is 23.6. The van der Waals surface area contributed by atoms with Gasteiger partial charge in [0.1, 0.15) is 6.10 Å². The molecule has 0 radical (unpaired) electrons. The molecule has 0 saturated carbocycles. The number of hydrogen-bond acceptors (Lipinski definition) is 5. The Bertz CT molecular complexity index is 1130. The monoisotopic (exact) mass is 808 g/mol. The Morgan fingerprint density at radius 1 is 0.517 bits per heavy atom. The normalized spacial score (nSPS) is 14.1. The van der Waals surface area contributed by atoms with Crippen molar-refractivity contribution in [3.8, 4) is 0 Å². The van der Waals surface area contributed by atoms with Crippen molar-refractivity contribution in [1.29, 1.82) is 0 Å². The van der Waals surface area contributed by atoms with Crippen molar-refractivity contribution in [3.05, 3.63) is 85.1 Å². The summed E-state index contributed by atoms with van der Waals surface area (Å²) in [6.45, 7) is 6.21. The molecular weight excluding hydrogens is 719 g/mol. The fourth-order valence-electron chi connectivity index (χ4n) is 6.67. The molecule has 0 aliphatic heterocycles. The summed E-state index contributed by atoms with van der Waals surface area (Å²) in [5.74, 6) is -0.563. The quantitative estimate of drug-likeness (QED) is 0.0325. The largest absolute Gasteiger partial charge is 0.462 e. The minimum Gasteiger partial charge on any atom is -0.462 e. The van der Waals surface area contributed by atoms with Crippen LogP contribution in [0.1, 0.15) is 207 Å². The third-order valence-electron chi connectivity index (χ3n) is 10.2. The number of carbonyl (C=O) groups is 2. The van der Waals surface area contributed by atoms with Gasteiger partial charge in [-0.1, -0.05) is 189 Å². The van der Waals surface area contributed by atoms with Gasteiger partial charge >= 0.3 is 5.97 Å². The van der Waals surface area contributed by atoms with Crippen LogP contribution in [0.4, 0.5) is 0 Å². The number of ether oxygens (including phenoxy) is 1. The number of hydrogen-bond donors (Lipinski definition) is 3. The zero-order valence-corrected chi connectivity index (χ0v) is 37.6. The van der Waals surface area contributed by atoms with Gasteiger partial charge in [0.05, 0.1) is 25.2 Å². The van der Waals surface area contributed by atoms with Crippen LogP contribution in [0.25, 0.3) is 0 Å². The standard InChI is InChI=1S/C52H89NO5/c1-4-7-10-13-16-19-22-24-26-29-31-34-37-40-43-48(58-52(57)45-42-39-36-33-30-27-25-23-20-17-14-11-8-5-2)46-51(56)53-49(47-54)50(55)44-41-38-35-32-28-21-18-15-12-9-6-3/h7-8,10-11,16-17,19-20,24-27,31,34,48-50,54-55H,4-6,9,12-15,18,21-23,28-30,32-33,35-47H2,1-3H3,(H,53,56)/b10-7+,11-8+,19-16+,20-17+,26-24+,27-25+,34-31+. The van der Waals surface area contributed by atoms with Crippen LogP contribution in [-0.4, -0.2) is 46.9 Å². The number of amides is 1. The Balaban J connectivity index is 4.75. The molecule has 6 heteroatoms. The lowest BCUT2D eigenvalue weighted by Gasteiger charge is -2.24. The molecule has 0 heterocycles. The number of esters is 1. The number of rotatable bonds is 41. The lowest BCUT2D eigenvalue weighted by atomic mass is 10.0. The molecule has 0 bridgehead atoms. The van der Waals surface area contributed by atoms with Gasteiger partial charge < -0.3 is 20.3 Å². The molecule has 0 aromatic carbocycles. The van der Waals surface area contributed by atoms with Gasteiger partial charge in [0.2, 0.25) is 5.91 Å². The average molecular weight is 808 g/mol. The van der Waals surface area contributed by atoms with Gasteiger partial charge in [-0.15, -0.1) is 0 Å². The van der Waals surface area contributed by atoms with Crippen LogP contribution in [0.3, 0.4) is 0 Å². The van der Waals surface area contributed by atoms with E-state index in [-0.39, 0.29) is 24.9 Å². The van der Waals surface area contributed by atoms with E-state index in [2.05, 4.69) is 111 Å². The van der Waals surface area contributed by atoms with Crippen LogP contribution in [0, 0.1) is 0 Å². The Hall–Kier alpha value is -2.96. The van der Waals surface area contributed by atoms with Crippen LogP contribution in [-0.2, 0) is 14.3 Å². The highest BCUT2D eigenvalue weighted by atomic mass is 16.5. The van der Waals surface area contributed by atoms with E-state index in [4.69, 9.17) is 4.74 Å². The first-order chi connectivity index (χ1) is 28.5. The molecule has 0 aromatic heterocycles. The SMILES string of the molecule is CC/C=C/C/C=C/C/C=C/C/C=C/CCCC(CC(=O)NC(CO)C(O)CCCCCCCCCCCCC)OC(=O)CCCCCC/C=C/C/C=C/C/C=C/CC. The van der Waals surface area contributed by atoms with Crippen molar-refractivity contribution in [2.24, 2.45) is 0 Å². The maximum Gasteiger partial charge on any atom is 0.306 e. The van der Waals surface area contributed by atoms with E-state index >= 15 is 0 Å². The molecule has 3 N–H and O–H groups in total. The third kappa shape index (κ3) is 39.8. The van der Waals surface area contributed by atoms with Crippen molar-refractivity contribution in [2.45, 2.75) is 225 Å². The first-order valence-electron chi connectivity index (χ1n) is 23.8. The molecule has 3 atom stereocenters. The number of aliphatic hydroxyl groups excluding tert-OH is 2. The van der Waals surface area contributed by atoms with Crippen molar-refractivity contribution in [1.82, 2.24) is 5.32 Å². The molecule has 1 amide bonds. The predicted octanol–water partition coefficient (Wildman–Crippen LogP) is 14.0. The van der Waals surface area contributed by atoms with Crippen LogP contribution in [0.2, 0.25) is 0 Å². The molecule has 3 unspecified atom stereocenters. The summed E-state index contributed by atoms with van der Waals surface area (Å²) in [6, 6.07) is -0.726. The Morgan fingerprint density at radius 3 is 1.45 bits per heavy atom.